The second-order valence-electron chi connectivity index (χ2n) is 0.448. The van der Waals surface area contributed by atoms with Crippen molar-refractivity contribution < 1.29 is 70.3 Å². The Morgan fingerprint density at radius 2 is 1.20 bits per heavy atom. The zero-order chi connectivity index (χ0) is 6.50. The van der Waals surface area contributed by atoms with Crippen molar-refractivity contribution in [2.45, 2.75) is 0 Å². The molecule has 0 saturated heterocycles. The molecule has 0 aromatic heterocycles. The van der Waals surface area contributed by atoms with Gasteiger partial charge in [-0.2, -0.15) is 8.42 Å². The van der Waals surface area contributed by atoms with Crippen molar-refractivity contribution in [2.24, 2.45) is 11.7 Å². The van der Waals surface area contributed by atoms with E-state index in [0.29, 0.717) is 0 Å². The molecule has 0 aliphatic heterocycles. The van der Waals surface area contributed by atoms with Crippen LogP contribution < -0.4 is 63.1 Å². The quantitative estimate of drug-likeness (QED) is 0.136. The third-order valence-corrected chi connectivity index (χ3v) is 0. The molecule has 0 aromatic carbocycles. The van der Waals surface area contributed by atoms with E-state index in [4.69, 9.17) is 17.5 Å². The van der Waals surface area contributed by atoms with Crippen LogP contribution in [0.25, 0.3) is 0 Å². The van der Waals surface area contributed by atoms with Crippen molar-refractivity contribution >= 4 is 55.1 Å². The summed E-state index contributed by atoms with van der Waals surface area (Å²) in [5.41, 5.74) is 0. The predicted molar refractivity (Wildman–Crippen MR) is 42.1 cm³/mol. The number of hydrazine groups is 1. The summed E-state index contributed by atoms with van der Waals surface area (Å²) in [6.45, 7) is 0. The van der Waals surface area contributed by atoms with Crippen LogP contribution in [0.2, 0.25) is 0 Å². The molecule has 0 spiro atoms. The van der Waals surface area contributed by atoms with Gasteiger partial charge in [0.05, 0.1) is 0 Å². The van der Waals surface area contributed by atoms with Gasteiger partial charge in [0.25, 0.3) is 0 Å². The summed E-state index contributed by atoms with van der Waals surface area (Å²) in [7, 11) is -4.67. The summed E-state index contributed by atoms with van der Waals surface area (Å²) in [6, 6.07) is 0. The molecule has 0 saturated carbocycles. The van der Waals surface area contributed by atoms with Crippen LogP contribution in [-0.2, 0) is 10.4 Å². The molecule has 0 aliphatic carbocycles. The first-order chi connectivity index (χ1) is 3.00. The van der Waals surface area contributed by atoms with Crippen LogP contribution in [0.4, 0.5) is 0 Å². The van der Waals surface area contributed by atoms with Crippen LogP contribution in [0.15, 0.2) is 0 Å². The molecule has 6 N–H and O–H groups in total. The Morgan fingerprint density at radius 3 is 1.20 bits per heavy atom. The van der Waals surface area contributed by atoms with Gasteiger partial charge in [-0.05, 0) is 0 Å². The first-order valence-electron chi connectivity index (χ1n) is 1.03. The second kappa shape index (κ2) is 17.8. The average Bonchev–Trinajstić information content (AvgIpc) is 1.36. The molecule has 0 aliphatic rings. The molecule has 0 unspecified atom stereocenters. The monoisotopic (exact) mass is 410 g/mol. The van der Waals surface area contributed by atoms with E-state index in [1.54, 1.807) is 0 Å². The summed E-state index contributed by atoms with van der Waals surface area (Å²) in [4.78, 5) is 0. The molecule has 0 rings (SSSR count). The van der Waals surface area contributed by atoms with Gasteiger partial charge in [-0.25, -0.2) is 0 Å². The van der Waals surface area contributed by atoms with Crippen LogP contribution >= 0.6 is 0 Å². The summed E-state index contributed by atoms with van der Waals surface area (Å²) in [6.07, 6.45) is 0. The molecule has 0 aromatic rings. The molecule has 60 valence electrons. The van der Waals surface area contributed by atoms with Gasteiger partial charge in [0.15, 0.2) is 17.4 Å². The van der Waals surface area contributed by atoms with E-state index < -0.39 is 10.4 Å². The fourth-order valence-electron chi connectivity index (χ4n) is 0. The van der Waals surface area contributed by atoms with E-state index in [2.05, 4.69) is 11.7 Å². The molecule has 0 amide bonds. The fourth-order valence-corrected chi connectivity index (χ4v) is 0. The van der Waals surface area contributed by atoms with Crippen molar-refractivity contribution in [1.82, 2.24) is 0 Å². The molecule has 0 atom stereocenters. The second-order valence-corrected chi connectivity index (χ2v) is 1.34. The van der Waals surface area contributed by atoms with Crippen molar-refractivity contribution in [3.05, 3.63) is 0 Å². The van der Waals surface area contributed by atoms with Crippen LogP contribution in [0.5, 0.6) is 0 Å². The maximum absolute atomic E-state index is 8.74. The Hall–Kier alpha value is 2.88. The molecule has 2 radical (unpaired) electrons. The number of rotatable bonds is 0. The Labute approximate surface area is 134 Å². The van der Waals surface area contributed by atoms with Crippen molar-refractivity contribution in [1.29, 1.82) is 0 Å². The molecule has 6 nitrogen and oxygen atoms in total. The summed E-state index contributed by atoms with van der Waals surface area (Å²) in [5, 5.41) is 0. The van der Waals surface area contributed by atoms with Crippen LogP contribution in [-0.4, -0.2) is 62.2 Å². The van der Waals surface area contributed by atoms with Gasteiger partial charge in [-0.1, -0.05) is 0 Å². The Morgan fingerprint density at radius 1 is 1.20 bits per heavy atom. The third kappa shape index (κ3) is 128. The number of hydrogen-bond acceptors (Lipinski definition) is 4. The first kappa shape index (κ1) is 29.3. The van der Waals surface area contributed by atoms with E-state index >= 15 is 0 Å². The maximum atomic E-state index is 8.74. The van der Waals surface area contributed by atoms with E-state index in [0.717, 1.165) is 0 Å². The van der Waals surface area contributed by atoms with E-state index in [1.165, 1.54) is 0 Å². The van der Waals surface area contributed by atoms with Gasteiger partial charge < -0.3 is 1.43 Å². The zero-order valence-corrected chi connectivity index (χ0v) is 14.4. The normalized spacial score (nSPS) is 6.40. The minimum absolute atomic E-state index is 0. The van der Waals surface area contributed by atoms with E-state index in [9.17, 15) is 0 Å². The summed E-state index contributed by atoms with van der Waals surface area (Å²) < 4.78 is 31.6. The van der Waals surface area contributed by atoms with Gasteiger partial charge in [-0.15, -0.1) is 0 Å². The SMILES string of the molecule is NN.O=S(=O)(O)O.[AlH3].[H-].[K+].[PbH2]. The van der Waals surface area contributed by atoms with Gasteiger partial charge in [0.1, 0.15) is 0 Å². The average molecular weight is 409 g/mol. The molecule has 0 bridgehead atoms. The summed E-state index contributed by atoms with van der Waals surface area (Å²) >= 11 is 0. The van der Waals surface area contributed by atoms with Crippen LogP contribution in [0, 0.1) is 0 Å². The molecular formula is H12AlKN2O4PbS. The number of hydrogen-bond donors (Lipinski definition) is 4. The van der Waals surface area contributed by atoms with Crippen LogP contribution in [0.1, 0.15) is 1.43 Å². The summed E-state index contributed by atoms with van der Waals surface area (Å²) in [5.74, 6) is 8.00. The Balaban J connectivity index is -0.00000000972. The van der Waals surface area contributed by atoms with E-state index in [1.807, 2.05) is 0 Å². The molecule has 0 fully saturated rings. The Kier molecular flexibility index (Phi) is 52.2. The Bertz CT molecular complexity index is 111. The first-order valence-corrected chi connectivity index (χ1v) is 2.43. The van der Waals surface area contributed by atoms with Gasteiger partial charge >= 0.3 is 89.1 Å². The molecular weight excluding hydrogens is 397 g/mol. The topological polar surface area (TPSA) is 127 Å². The standard InChI is InChI=1S/Al.K.H4N2.H2O4S.Pb.6H/c;;1-2;1-5(2,3)4;;;;;;;/h;;1-2H2;(H2,1,2,3,4);;;;;;;/q;+1;;;;;;;;;-1. The van der Waals surface area contributed by atoms with E-state index in [-0.39, 0.29) is 97.5 Å². The van der Waals surface area contributed by atoms with Crippen LogP contribution in [0.3, 0.4) is 0 Å². The van der Waals surface area contributed by atoms with Gasteiger partial charge in [-0.3, -0.25) is 20.8 Å². The third-order valence-electron chi connectivity index (χ3n) is 0. The van der Waals surface area contributed by atoms with Crippen molar-refractivity contribution in [2.75, 3.05) is 0 Å². The number of nitrogens with two attached hydrogens (primary N) is 2. The molecule has 10 heteroatoms. The van der Waals surface area contributed by atoms with Crippen molar-refractivity contribution in [3.63, 3.8) is 0 Å². The predicted octanol–water partition coefficient (Wildman–Crippen LogP) is -6.82. The van der Waals surface area contributed by atoms with Gasteiger partial charge in [0, 0.05) is 0 Å². The minimum atomic E-state index is -4.67. The zero-order valence-electron chi connectivity index (χ0n) is 5.98. The molecule has 10 heavy (non-hydrogen) atoms. The van der Waals surface area contributed by atoms with Crippen molar-refractivity contribution in [3.8, 4) is 0 Å². The molecule has 0 heterocycles. The van der Waals surface area contributed by atoms with Gasteiger partial charge in [0.2, 0.25) is 0 Å². The fraction of sp³-hybridized carbons (Fsp3) is 0.